The van der Waals surface area contributed by atoms with E-state index < -0.39 is 22.8 Å². The van der Waals surface area contributed by atoms with Crippen LogP contribution in [0.15, 0.2) is 0 Å². The Morgan fingerprint density at radius 1 is 0.885 bits per heavy atom. The second kappa shape index (κ2) is 5.76. The average molecular weight is 366 g/mol. The van der Waals surface area contributed by atoms with Crippen molar-refractivity contribution >= 4 is 5.78 Å². The molecule has 5 heteroatoms. The predicted octanol–water partition coefficient (Wildman–Crippen LogP) is 2.35. The first-order valence-corrected chi connectivity index (χ1v) is 10.5. The van der Waals surface area contributed by atoms with Crippen LogP contribution in [0.4, 0.5) is 0 Å². The molecule has 4 rings (SSSR count). The van der Waals surface area contributed by atoms with Crippen molar-refractivity contribution in [1.82, 2.24) is 0 Å². The first kappa shape index (κ1) is 18.9. The van der Waals surface area contributed by atoms with E-state index in [0.717, 1.165) is 25.2 Å². The van der Waals surface area contributed by atoms with Crippen molar-refractivity contribution in [3.05, 3.63) is 0 Å². The molecule has 0 saturated heterocycles. The van der Waals surface area contributed by atoms with Gasteiger partial charge in [-0.1, -0.05) is 26.7 Å². The van der Waals surface area contributed by atoms with E-state index in [-0.39, 0.29) is 12.3 Å². The Labute approximate surface area is 155 Å². The normalized spacial score (nSPS) is 51.3. The first-order chi connectivity index (χ1) is 12.0. The number of aliphatic hydroxyl groups is 4. The standard InChI is InChI=1S/C21H34O5/c1-18-10-4-3-5-13(18)6-7-14-15(18)8-11-19(2)16(14)9-12-20(19,23)17(22)21(24,25)26/h13-16,23-26H,3-12H2,1-2H3/t13?,14-,15+,16+,18+,19+,20+/m1/s1. The zero-order chi connectivity index (χ0) is 19.0. The Kier molecular flexibility index (Phi) is 4.17. The van der Waals surface area contributed by atoms with Crippen molar-refractivity contribution in [2.45, 2.75) is 89.6 Å². The molecule has 0 aromatic carbocycles. The van der Waals surface area contributed by atoms with E-state index in [1.165, 1.54) is 32.1 Å². The molecule has 0 bridgehead atoms. The van der Waals surface area contributed by atoms with Crippen molar-refractivity contribution < 1.29 is 25.2 Å². The third-order valence-corrected chi connectivity index (χ3v) is 9.42. The van der Waals surface area contributed by atoms with E-state index in [0.29, 0.717) is 23.7 Å². The molecule has 0 spiro atoms. The number of Topliss-reactive ketones (excluding diaryl/α,β-unsaturated/α-hetero) is 1. The van der Waals surface area contributed by atoms with Crippen molar-refractivity contribution in [3.63, 3.8) is 0 Å². The van der Waals surface area contributed by atoms with E-state index in [2.05, 4.69) is 6.92 Å². The van der Waals surface area contributed by atoms with Crippen LogP contribution in [0.5, 0.6) is 0 Å². The molecule has 0 amide bonds. The maximum absolute atomic E-state index is 12.5. The van der Waals surface area contributed by atoms with Gasteiger partial charge < -0.3 is 20.4 Å². The molecule has 0 aromatic rings. The number of hydrogen-bond acceptors (Lipinski definition) is 5. The zero-order valence-corrected chi connectivity index (χ0v) is 16.1. The lowest BCUT2D eigenvalue weighted by Gasteiger charge is -2.61. The highest BCUT2D eigenvalue weighted by Gasteiger charge is 2.68. The second-order valence-corrected chi connectivity index (χ2v) is 10.2. The summed E-state index contributed by atoms with van der Waals surface area (Å²) in [6, 6.07) is 0. The van der Waals surface area contributed by atoms with E-state index in [4.69, 9.17) is 0 Å². The van der Waals surface area contributed by atoms with Gasteiger partial charge in [0.2, 0.25) is 0 Å². The van der Waals surface area contributed by atoms with Gasteiger partial charge in [-0.2, -0.15) is 0 Å². The third kappa shape index (κ3) is 2.33. The summed E-state index contributed by atoms with van der Waals surface area (Å²) in [7, 11) is 0. The van der Waals surface area contributed by atoms with Crippen LogP contribution in [-0.4, -0.2) is 37.8 Å². The lowest BCUT2D eigenvalue weighted by atomic mass is 9.44. The molecular formula is C21H34O5. The van der Waals surface area contributed by atoms with Gasteiger partial charge in [-0.3, -0.25) is 4.79 Å². The highest BCUT2D eigenvalue weighted by Crippen LogP contribution is 2.68. The quantitative estimate of drug-likeness (QED) is 0.563. The molecule has 1 unspecified atom stereocenters. The van der Waals surface area contributed by atoms with Gasteiger partial charge in [0.1, 0.15) is 5.60 Å². The summed E-state index contributed by atoms with van der Waals surface area (Å²) in [5.41, 5.74) is -2.17. The molecule has 0 aliphatic heterocycles. The molecule has 4 N–H and O–H groups in total. The number of carbonyl (C=O) groups is 1. The van der Waals surface area contributed by atoms with E-state index in [1.54, 1.807) is 0 Å². The Hall–Kier alpha value is -0.490. The molecule has 4 fully saturated rings. The zero-order valence-electron chi connectivity index (χ0n) is 16.1. The van der Waals surface area contributed by atoms with Crippen LogP contribution in [0.2, 0.25) is 0 Å². The summed E-state index contributed by atoms with van der Waals surface area (Å²) in [4.78, 5) is 12.5. The van der Waals surface area contributed by atoms with Gasteiger partial charge in [0.25, 0.3) is 5.78 Å². The molecule has 4 aliphatic rings. The van der Waals surface area contributed by atoms with Gasteiger partial charge in [0.05, 0.1) is 0 Å². The minimum Gasteiger partial charge on any atom is -0.381 e. The van der Waals surface area contributed by atoms with Gasteiger partial charge in [-0.05, 0) is 80.5 Å². The molecule has 26 heavy (non-hydrogen) atoms. The summed E-state index contributed by atoms with van der Waals surface area (Å²) >= 11 is 0. The maximum atomic E-state index is 12.5. The largest absolute Gasteiger partial charge is 0.381 e. The topological polar surface area (TPSA) is 98.0 Å². The van der Waals surface area contributed by atoms with E-state index in [1.807, 2.05) is 6.92 Å². The smallest absolute Gasteiger partial charge is 0.342 e. The predicted molar refractivity (Wildman–Crippen MR) is 95.7 cm³/mol. The summed E-state index contributed by atoms with van der Waals surface area (Å²) in [6.45, 7) is 4.41. The van der Waals surface area contributed by atoms with Crippen LogP contribution in [0.3, 0.4) is 0 Å². The Morgan fingerprint density at radius 2 is 1.58 bits per heavy atom. The molecular weight excluding hydrogens is 332 g/mol. The summed E-state index contributed by atoms with van der Waals surface area (Å²) in [5, 5.41) is 39.5. The van der Waals surface area contributed by atoms with Crippen LogP contribution < -0.4 is 0 Å². The Bertz CT molecular complexity index is 598. The molecule has 7 atom stereocenters. The number of carbonyl (C=O) groups excluding carboxylic acids is 1. The van der Waals surface area contributed by atoms with Crippen LogP contribution in [0.1, 0.15) is 78.1 Å². The van der Waals surface area contributed by atoms with Crippen molar-refractivity contribution in [2.24, 2.45) is 34.5 Å². The fourth-order valence-corrected chi connectivity index (χ4v) is 7.96. The number of fused-ring (bicyclic) bond motifs is 5. The highest BCUT2D eigenvalue weighted by atomic mass is 16.7. The molecule has 4 aliphatic carbocycles. The Balaban J connectivity index is 1.65. The molecule has 148 valence electrons. The van der Waals surface area contributed by atoms with Crippen molar-refractivity contribution in [3.8, 4) is 0 Å². The lowest BCUT2D eigenvalue weighted by molar-refractivity contribution is -0.301. The summed E-state index contributed by atoms with van der Waals surface area (Å²) < 4.78 is 0. The summed E-state index contributed by atoms with van der Waals surface area (Å²) in [5.74, 6) is -2.57. The first-order valence-electron chi connectivity index (χ1n) is 10.5. The van der Waals surface area contributed by atoms with Crippen LogP contribution in [-0.2, 0) is 4.79 Å². The second-order valence-electron chi connectivity index (χ2n) is 10.2. The average Bonchev–Trinajstić information content (AvgIpc) is 2.85. The van der Waals surface area contributed by atoms with Gasteiger partial charge >= 0.3 is 5.97 Å². The highest BCUT2D eigenvalue weighted by molar-refractivity contribution is 5.92. The van der Waals surface area contributed by atoms with E-state index >= 15 is 0 Å². The van der Waals surface area contributed by atoms with Gasteiger partial charge in [0, 0.05) is 5.41 Å². The van der Waals surface area contributed by atoms with E-state index in [9.17, 15) is 25.2 Å². The Morgan fingerprint density at radius 3 is 2.27 bits per heavy atom. The van der Waals surface area contributed by atoms with Gasteiger partial charge in [-0.15, -0.1) is 0 Å². The maximum Gasteiger partial charge on any atom is 0.342 e. The fraction of sp³-hybridized carbons (Fsp3) is 0.952. The molecule has 0 aromatic heterocycles. The molecule has 0 heterocycles. The number of hydrogen-bond donors (Lipinski definition) is 4. The van der Waals surface area contributed by atoms with Crippen molar-refractivity contribution in [1.29, 1.82) is 0 Å². The monoisotopic (exact) mass is 366 g/mol. The number of ketones is 1. The molecule has 5 nitrogen and oxygen atoms in total. The van der Waals surface area contributed by atoms with Gasteiger partial charge in [0.15, 0.2) is 0 Å². The van der Waals surface area contributed by atoms with Crippen LogP contribution in [0, 0.1) is 34.5 Å². The van der Waals surface area contributed by atoms with Crippen LogP contribution in [0.25, 0.3) is 0 Å². The minimum atomic E-state index is -3.46. The lowest BCUT2D eigenvalue weighted by Crippen LogP contribution is -2.62. The fourth-order valence-electron chi connectivity index (χ4n) is 7.96. The van der Waals surface area contributed by atoms with Gasteiger partial charge in [-0.25, -0.2) is 0 Å². The van der Waals surface area contributed by atoms with Crippen LogP contribution >= 0.6 is 0 Å². The molecule has 0 radical (unpaired) electrons. The summed E-state index contributed by atoms with van der Waals surface area (Å²) in [6.07, 6.45) is 10.3. The minimum absolute atomic E-state index is 0.206. The SMILES string of the molecule is C[C@]12CCCCC1CC[C@@H]1[C@@H]2CC[C@@]2(C)[C@H]1CC[C@]2(O)C(=O)C(O)(O)O. The molecule has 4 saturated carbocycles. The number of rotatable bonds is 2. The van der Waals surface area contributed by atoms with Crippen molar-refractivity contribution in [2.75, 3.05) is 0 Å². The third-order valence-electron chi connectivity index (χ3n) is 9.42.